The van der Waals surface area contributed by atoms with Crippen LogP contribution >= 0.6 is 0 Å². The molecule has 1 unspecified atom stereocenters. The zero-order valence-corrected chi connectivity index (χ0v) is 11.2. The van der Waals surface area contributed by atoms with E-state index < -0.39 is 11.9 Å². The predicted molar refractivity (Wildman–Crippen MR) is 73.6 cm³/mol. The zero-order chi connectivity index (χ0) is 15.0. The second-order valence-electron chi connectivity index (χ2n) is 5.00. The van der Waals surface area contributed by atoms with E-state index in [0.29, 0.717) is 24.1 Å². The van der Waals surface area contributed by atoms with Gasteiger partial charge < -0.3 is 10.6 Å². The van der Waals surface area contributed by atoms with E-state index in [1.54, 1.807) is 18.2 Å². The first kappa shape index (κ1) is 13.2. The van der Waals surface area contributed by atoms with Crippen molar-refractivity contribution in [2.24, 2.45) is 5.73 Å². The molecule has 6 heteroatoms. The fraction of sp³-hybridized carbons (Fsp3) is 0.267. The molecule has 1 aromatic carbocycles. The first-order chi connectivity index (χ1) is 10.1. The molecular formula is C15H13N3O3. The summed E-state index contributed by atoms with van der Waals surface area (Å²) < 4.78 is 0. The molecule has 3 N–H and O–H groups in total. The Labute approximate surface area is 121 Å². The molecule has 1 saturated heterocycles. The number of benzene rings is 1. The molecule has 0 bridgehead atoms. The normalized spacial score (nSPS) is 20.7. The Kier molecular flexibility index (Phi) is 3.10. The Morgan fingerprint density at radius 2 is 2.10 bits per heavy atom. The van der Waals surface area contributed by atoms with Gasteiger partial charge in [-0.05, 0) is 30.0 Å². The molecule has 2 aliphatic heterocycles. The van der Waals surface area contributed by atoms with Crippen molar-refractivity contribution in [1.82, 2.24) is 10.2 Å². The van der Waals surface area contributed by atoms with Crippen molar-refractivity contribution in [3.63, 3.8) is 0 Å². The van der Waals surface area contributed by atoms with Gasteiger partial charge in [0.2, 0.25) is 11.8 Å². The molecule has 1 fully saturated rings. The van der Waals surface area contributed by atoms with Crippen LogP contribution in [0.3, 0.4) is 0 Å². The van der Waals surface area contributed by atoms with Crippen LogP contribution in [0, 0.1) is 12.0 Å². The van der Waals surface area contributed by atoms with Crippen LogP contribution in [0.2, 0.25) is 0 Å². The second-order valence-corrected chi connectivity index (χ2v) is 5.00. The van der Waals surface area contributed by atoms with E-state index in [1.807, 2.05) is 0 Å². The summed E-state index contributed by atoms with van der Waals surface area (Å²) in [6.45, 7) is 0.311. The maximum atomic E-state index is 12.5. The van der Waals surface area contributed by atoms with Gasteiger partial charge in [0, 0.05) is 30.1 Å². The molecule has 0 spiro atoms. The smallest absolute Gasteiger partial charge is 0.255 e. The maximum Gasteiger partial charge on any atom is 0.255 e. The van der Waals surface area contributed by atoms with Crippen LogP contribution in [-0.4, -0.2) is 28.7 Å². The third-order valence-electron chi connectivity index (χ3n) is 3.79. The van der Waals surface area contributed by atoms with Crippen molar-refractivity contribution in [1.29, 1.82) is 0 Å². The lowest BCUT2D eigenvalue weighted by molar-refractivity contribution is -0.136. The Morgan fingerprint density at radius 3 is 2.81 bits per heavy atom. The van der Waals surface area contributed by atoms with E-state index >= 15 is 0 Å². The van der Waals surface area contributed by atoms with Crippen molar-refractivity contribution in [3.8, 4) is 12.0 Å². The topological polar surface area (TPSA) is 92.5 Å². The SMILES string of the molecule is NC#Cc1cccc2c1CN(C1CCC(=O)NC1=O)C2=O. The fourth-order valence-electron chi connectivity index (χ4n) is 2.78. The van der Waals surface area contributed by atoms with Gasteiger partial charge in [-0.15, -0.1) is 0 Å². The molecule has 6 nitrogen and oxygen atoms in total. The lowest BCUT2D eigenvalue weighted by Crippen LogP contribution is -2.52. The Bertz CT molecular complexity index is 715. The number of hydrogen-bond acceptors (Lipinski definition) is 4. The molecule has 2 heterocycles. The molecule has 21 heavy (non-hydrogen) atoms. The first-order valence-corrected chi connectivity index (χ1v) is 6.60. The van der Waals surface area contributed by atoms with E-state index in [1.165, 1.54) is 4.90 Å². The second kappa shape index (κ2) is 4.94. The lowest BCUT2D eigenvalue weighted by atomic mass is 10.0. The first-order valence-electron chi connectivity index (χ1n) is 6.60. The van der Waals surface area contributed by atoms with Crippen molar-refractivity contribution >= 4 is 17.7 Å². The van der Waals surface area contributed by atoms with Gasteiger partial charge in [-0.25, -0.2) is 0 Å². The Morgan fingerprint density at radius 1 is 1.29 bits per heavy atom. The van der Waals surface area contributed by atoms with Crippen LogP contribution in [-0.2, 0) is 16.1 Å². The molecule has 3 amide bonds. The molecular weight excluding hydrogens is 270 g/mol. The summed E-state index contributed by atoms with van der Waals surface area (Å²) in [6, 6.07) is 6.97. The highest BCUT2D eigenvalue weighted by Crippen LogP contribution is 2.29. The monoisotopic (exact) mass is 283 g/mol. The number of rotatable bonds is 1. The molecule has 0 saturated carbocycles. The molecule has 0 radical (unpaired) electrons. The molecule has 0 aliphatic carbocycles. The summed E-state index contributed by atoms with van der Waals surface area (Å²) >= 11 is 0. The average molecular weight is 283 g/mol. The number of carbonyl (C=O) groups is 3. The molecule has 2 aliphatic rings. The average Bonchev–Trinajstić information content (AvgIpc) is 2.78. The number of fused-ring (bicyclic) bond motifs is 1. The number of hydrogen-bond donors (Lipinski definition) is 2. The number of carbonyl (C=O) groups excluding carboxylic acids is 3. The van der Waals surface area contributed by atoms with Crippen LogP contribution in [0.5, 0.6) is 0 Å². The highest BCUT2D eigenvalue weighted by molar-refractivity contribution is 6.05. The highest BCUT2D eigenvalue weighted by atomic mass is 16.2. The number of nitrogens with one attached hydrogen (secondary N) is 1. The Balaban J connectivity index is 1.93. The fourth-order valence-corrected chi connectivity index (χ4v) is 2.78. The molecule has 106 valence electrons. The van der Waals surface area contributed by atoms with Gasteiger partial charge in [-0.1, -0.05) is 6.07 Å². The van der Waals surface area contributed by atoms with Gasteiger partial charge in [-0.3, -0.25) is 19.7 Å². The van der Waals surface area contributed by atoms with E-state index in [0.717, 1.165) is 5.56 Å². The van der Waals surface area contributed by atoms with E-state index in [4.69, 9.17) is 5.73 Å². The van der Waals surface area contributed by atoms with E-state index in [2.05, 4.69) is 17.3 Å². The minimum atomic E-state index is -0.610. The summed E-state index contributed by atoms with van der Waals surface area (Å²) in [5.41, 5.74) is 7.26. The summed E-state index contributed by atoms with van der Waals surface area (Å²) in [6.07, 6.45) is 0.592. The van der Waals surface area contributed by atoms with Gasteiger partial charge >= 0.3 is 0 Å². The number of imide groups is 1. The van der Waals surface area contributed by atoms with Crippen LogP contribution < -0.4 is 11.1 Å². The number of nitrogens with zero attached hydrogens (tertiary/aromatic N) is 1. The standard InChI is InChI=1S/C15H13N3O3/c16-7-6-9-2-1-3-10-11(9)8-18(15(10)21)12-4-5-13(19)17-14(12)20/h1-3,12H,4-5,8,16H2,(H,17,19,20). The summed E-state index contributed by atoms with van der Waals surface area (Å²) in [4.78, 5) is 37.1. The zero-order valence-electron chi connectivity index (χ0n) is 11.2. The molecule has 3 rings (SSSR count). The minimum Gasteiger partial charge on any atom is -0.359 e. The molecule has 1 atom stereocenters. The number of piperidine rings is 1. The van der Waals surface area contributed by atoms with Gasteiger partial charge in [0.05, 0.1) is 0 Å². The van der Waals surface area contributed by atoms with Crippen molar-refractivity contribution in [2.45, 2.75) is 25.4 Å². The van der Waals surface area contributed by atoms with Crippen molar-refractivity contribution in [2.75, 3.05) is 0 Å². The lowest BCUT2D eigenvalue weighted by Gasteiger charge is -2.29. The van der Waals surface area contributed by atoms with Crippen molar-refractivity contribution < 1.29 is 14.4 Å². The van der Waals surface area contributed by atoms with Gasteiger partial charge in [0.1, 0.15) is 6.04 Å². The van der Waals surface area contributed by atoms with Crippen LogP contribution in [0.25, 0.3) is 0 Å². The quantitative estimate of drug-likeness (QED) is 0.421. The van der Waals surface area contributed by atoms with E-state index in [9.17, 15) is 14.4 Å². The van der Waals surface area contributed by atoms with Crippen LogP contribution in [0.15, 0.2) is 18.2 Å². The third kappa shape index (κ3) is 2.13. The van der Waals surface area contributed by atoms with Crippen molar-refractivity contribution in [3.05, 3.63) is 34.9 Å². The van der Waals surface area contributed by atoms with Crippen LogP contribution in [0.1, 0.15) is 34.3 Å². The maximum absolute atomic E-state index is 12.5. The molecule has 0 aromatic heterocycles. The highest BCUT2D eigenvalue weighted by Gasteiger charge is 2.39. The summed E-state index contributed by atoms with van der Waals surface area (Å²) in [5, 5.41) is 2.27. The summed E-state index contributed by atoms with van der Waals surface area (Å²) in [5.74, 6) is 1.84. The number of amides is 3. The predicted octanol–water partition coefficient (Wildman–Crippen LogP) is -0.285. The minimum absolute atomic E-state index is 0.208. The Hall–Kier alpha value is -2.81. The van der Waals surface area contributed by atoms with E-state index in [-0.39, 0.29) is 18.2 Å². The summed E-state index contributed by atoms with van der Waals surface area (Å²) in [7, 11) is 0. The van der Waals surface area contributed by atoms with Gasteiger partial charge in [0.15, 0.2) is 0 Å². The van der Waals surface area contributed by atoms with Crippen LogP contribution in [0.4, 0.5) is 0 Å². The largest absolute Gasteiger partial charge is 0.359 e. The van der Waals surface area contributed by atoms with Gasteiger partial charge in [0.25, 0.3) is 5.91 Å². The third-order valence-corrected chi connectivity index (χ3v) is 3.79. The molecule has 1 aromatic rings. The number of nitrogens with two attached hydrogens (primary N) is 1. The van der Waals surface area contributed by atoms with Gasteiger partial charge in [-0.2, -0.15) is 0 Å².